The first-order valence-electron chi connectivity index (χ1n) is 9.96. The molecule has 3 aliphatic rings. The minimum Gasteiger partial charge on any atom is -0.381 e. The van der Waals surface area contributed by atoms with Gasteiger partial charge in [-0.1, -0.05) is 12.8 Å². The second kappa shape index (κ2) is 10.3. The molecule has 1 aliphatic carbocycles. The number of rotatable bonds is 4. The maximum atomic E-state index is 5.80. The molecule has 1 atom stereocenters. The summed E-state index contributed by atoms with van der Waals surface area (Å²) in [5.74, 6) is 1.08. The van der Waals surface area contributed by atoms with Gasteiger partial charge in [-0.2, -0.15) is 0 Å². The van der Waals surface area contributed by atoms with E-state index in [0.29, 0.717) is 5.41 Å². The zero-order valence-electron chi connectivity index (χ0n) is 16.1. The predicted octanol–water partition coefficient (Wildman–Crippen LogP) is 2.95. The average molecular weight is 464 g/mol. The van der Waals surface area contributed by atoms with Gasteiger partial charge < -0.3 is 19.9 Å². The number of nitrogens with one attached hydrogen (secondary N) is 1. The summed E-state index contributed by atoms with van der Waals surface area (Å²) in [5, 5.41) is 3.61. The van der Waals surface area contributed by atoms with Crippen LogP contribution in [-0.4, -0.2) is 75.3 Å². The number of aliphatic imine (C=N–C) groups is 1. The lowest BCUT2D eigenvalue weighted by atomic mass is 9.76. The average Bonchev–Trinajstić information content (AvgIpc) is 3.14. The van der Waals surface area contributed by atoms with E-state index < -0.39 is 0 Å². The van der Waals surface area contributed by atoms with Crippen LogP contribution in [0.25, 0.3) is 0 Å². The van der Waals surface area contributed by atoms with Crippen molar-refractivity contribution in [2.24, 2.45) is 10.4 Å². The zero-order chi connectivity index (χ0) is 16.8. The Kier molecular flexibility index (Phi) is 8.75. The molecule has 2 saturated heterocycles. The molecule has 0 aromatic rings. The number of ether oxygens (including phenoxy) is 1. The molecule has 0 radical (unpaired) electrons. The number of piperidine rings is 1. The molecule has 6 heteroatoms. The Balaban J connectivity index is 0.00000225. The summed E-state index contributed by atoms with van der Waals surface area (Å²) in [7, 11) is 4.19. The van der Waals surface area contributed by atoms with E-state index in [0.717, 1.165) is 51.4 Å². The Bertz CT molecular complexity index is 414. The molecule has 5 nitrogen and oxygen atoms in total. The highest BCUT2D eigenvalue weighted by Crippen LogP contribution is 2.37. The molecule has 146 valence electrons. The Morgan fingerprint density at radius 2 is 2.00 bits per heavy atom. The van der Waals surface area contributed by atoms with Gasteiger partial charge in [0.2, 0.25) is 0 Å². The fourth-order valence-electron chi connectivity index (χ4n) is 4.82. The molecule has 1 saturated carbocycles. The number of guanidine groups is 1. The van der Waals surface area contributed by atoms with E-state index in [1.807, 2.05) is 7.05 Å². The molecule has 1 unspecified atom stereocenters. The number of likely N-dealkylation sites (N-methyl/N-ethyl adjacent to an activating group) is 1. The first-order valence-corrected chi connectivity index (χ1v) is 9.96. The van der Waals surface area contributed by atoms with E-state index in [4.69, 9.17) is 4.74 Å². The van der Waals surface area contributed by atoms with Crippen LogP contribution < -0.4 is 5.32 Å². The van der Waals surface area contributed by atoms with Gasteiger partial charge in [-0.05, 0) is 45.6 Å². The summed E-state index contributed by atoms with van der Waals surface area (Å²) in [5.41, 5.74) is 0.370. The molecule has 25 heavy (non-hydrogen) atoms. The van der Waals surface area contributed by atoms with Crippen LogP contribution in [0.4, 0.5) is 0 Å². The van der Waals surface area contributed by atoms with Crippen molar-refractivity contribution in [1.29, 1.82) is 0 Å². The number of halogens is 1. The topological polar surface area (TPSA) is 40.1 Å². The normalized spacial score (nSPS) is 28.4. The Hall–Kier alpha value is -0.0800. The number of nitrogens with zero attached hydrogens (tertiary/aromatic N) is 3. The summed E-state index contributed by atoms with van der Waals surface area (Å²) in [6.45, 7) is 6.20. The summed E-state index contributed by atoms with van der Waals surface area (Å²) < 4.78 is 5.80. The lowest BCUT2D eigenvalue weighted by Gasteiger charge is -2.45. The van der Waals surface area contributed by atoms with Crippen molar-refractivity contribution in [2.75, 3.05) is 53.5 Å². The summed E-state index contributed by atoms with van der Waals surface area (Å²) >= 11 is 0. The third-order valence-corrected chi connectivity index (χ3v) is 6.27. The molecule has 3 fully saturated rings. The van der Waals surface area contributed by atoms with Crippen molar-refractivity contribution in [1.82, 2.24) is 15.1 Å². The van der Waals surface area contributed by atoms with Crippen LogP contribution in [0, 0.1) is 5.41 Å². The molecular formula is C19H37IN4O. The van der Waals surface area contributed by atoms with Crippen LogP contribution in [0.1, 0.15) is 51.4 Å². The smallest absolute Gasteiger partial charge is 0.193 e. The van der Waals surface area contributed by atoms with Crippen LogP contribution in [0.2, 0.25) is 0 Å². The fourth-order valence-corrected chi connectivity index (χ4v) is 4.82. The van der Waals surface area contributed by atoms with Crippen LogP contribution in [0.3, 0.4) is 0 Å². The third-order valence-electron chi connectivity index (χ3n) is 6.27. The lowest BCUT2D eigenvalue weighted by Crippen LogP contribution is -2.53. The molecular weight excluding hydrogens is 427 g/mol. The first kappa shape index (κ1) is 21.2. The minimum atomic E-state index is 0. The van der Waals surface area contributed by atoms with Crippen LogP contribution >= 0.6 is 24.0 Å². The van der Waals surface area contributed by atoms with Crippen molar-refractivity contribution in [3.05, 3.63) is 0 Å². The Morgan fingerprint density at radius 3 is 2.68 bits per heavy atom. The Morgan fingerprint density at radius 1 is 1.24 bits per heavy atom. The van der Waals surface area contributed by atoms with E-state index in [2.05, 4.69) is 27.2 Å². The van der Waals surface area contributed by atoms with Crippen LogP contribution in [0.15, 0.2) is 4.99 Å². The molecule has 2 aliphatic heterocycles. The lowest BCUT2D eigenvalue weighted by molar-refractivity contribution is -0.0370. The van der Waals surface area contributed by atoms with Gasteiger partial charge in [-0.15, -0.1) is 24.0 Å². The zero-order valence-corrected chi connectivity index (χ0v) is 18.5. The van der Waals surface area contributed by atoms with Crippen molar-refractivity contribution < 1.29 is 4.74 Å². The molecule has 0 amide bonds. The number of likely N-dealkylation sites (tertiary alicyclic amines) is 1. The van der Waals surface area contributed by atoms with Crippen molar-refractivity contribution in [3.63, 3.8) is 0 Å². The summed E-state index contributed by atoms with van der Waals surface area (Å²) in [4.78, 5) is 9.55. The monoisotopic (exact) mass is 464 g/mol. The summed E-state index contributed by atoms with van der Waals surface area (Å²) in [6, 6.07) is 0.798. The van der Waals surface area contributed by atoms with Gasteiger partial charge in [-0.25, -0.2) is 0 Å². The molecule has 3 rings (SSSR count). The Labute approximate surface area is 171 Å². The highest BCUT2D eigenvalue weighted by molar-refractivity contribution is 14.0. The van der Waals surface area contributed by atoms with Gasteiger partial charge in [0, 0.05) is 51.3 Å². The standard InChI is InChI=1S/C19H36N4O.HI/c1-20-18(21-11-13-22(2)17-7-3-4-8-17)23-12-5-9-19(15-23)10-6-14-24-16-19;/h17H,3-16H2,1-2H3,(H,20,21);1H. The molecule has 0 aromatic heterocycles. The van der Waals surface area contributed by atoms with E-state index in [-0.39, 0.29) is 24.0 Å². The maximum absolute atomic E-state index is 5.80. The van der Waals surface area contributed by atoms with Crippen molar-refractivity contribution in [3.8, 4) is 0 Å². The molecule has 0 bridgehead atoms. The van der Waals surface area contributed by atoms with Gasteiger partial charge in [0.25, 0.3) is 0 Å². The van der Waals surface area contributed by atoms with E-state index in [1.165, 1.54) is 51.4 Å². The molecule has 2 heterocycles. The second-order valence-electron chi connectivity index (χ2n) is 8.07. The van der Waals surface area contributed by atoms with Crippen LogP contribution in [0.5, 0.6) is 0 Å². The number of hydrogen-bond acceptors (Lipinski definition) is 3. The van der Waals surface area contributed by atoms with Gasteiger partial charge in [-0.3, -0.25) is 4.99 Å². The predicted molar refractivity (Wildman–Crippen MR) is 115 cm³/mol. The minimum absolute atomic E-state index is 0. The van der Waals surface area contributed by atoms with E-state index in [9.17, 15) is 0 Å². The van der Waals surface area contributed by atoms with Crippen molar-refractivity contribution >= 4 is 29.9 Å². The second-order valence-corrected chi connectivity index (χ2v) is 8.07. The number of hydrogen-bond donors (Lipinski definition) is 1. The molecule has 1 spiro atoms. The SMILES string of the molecule is CN=C(NCCN(C)C1CCCC1)N1CCCC2(CCCOC2)C1.I. The van der Waals surface area contributed by atoms with Gasteiger partial charge in [0.05, 0.1) is 6.61 Å². The molecule has 0 aromatic carbocycles. The van der Waals surface area contributed by atoms with E-state index in [1.54, 1.807) is 0 Å². The molecule has 1 N–H and O–H groups in total. The fraction of sp³-hybridized carbons (Fsp3) is 0.947. The van der Waals surface area contributed by atoms with E-state index >= 15 is 0 Å². The maximum Gasteiger partial charge on any atom is 0.193 e. The quantitative estimate of drug-likeness (QED) is 0.395. The third kappa shape index (κ3) is 5.70. The highest BCUT2D eigenvalue weighted by Gasteiger charge is 2.38. The summed E-state index contributed by atoms with van der Waals surface area (Å²) in [6.07, 6.45) is 10.7. The van der Waals surface area contributed by atoms with Crippen LogP contribution in [-0.2, 0) is 4.74 Å². The van der Waals surface area contributed by atoms with Gasteiger partial charge in [0.1, 0.15) is 0 Å². The van der Waals surface area contributed by atoms with Gasteiger partial charge >= 0.3 is 0 Å². The first-order chi connectivity index (χ1) is 11.7. The van der Waals surface area contributed by atoms with Crippen molar-refractivity contribution in [2.45, 2.75) is 57.4 Å². The van der Waals surface area contributed by atoms with Gasteiger partial charge in [0.15, 0.2) is 5.96 Å². The highest BCUT2D eigenvalue weighted by atomic mass is 127. The largest absolute Gasteiger partial charge is 0.381 e.